The summed E-state index contributed by atoms with van der Waals surface area (Å²) in [6, 6.07) is 83.7. The lowest BCUT2D eigenvalue weighted by molar-refractivity contribution is 0.794. The molecule has 1 nitrogen and oxygen atoms in total. The van der Waals surface area contributed by atoms with Gasteiger partial charge in [-0.1, -0.05) is 188 Å². The molecular formula is C59H37N. The van der Waals surface area contributed by atoms with Crippen molar-refractivity contribution in [2.75, 3.05) is 4.90 Å². The molecule has 0 fully saturated rings. The number of rotatable bonds is 4. The summed E-state index contributed by atoms with van der Waals surface area (Å²) in [6.07, 6.45) is 0. The average molecular weight is 760 g/mol. The van der Waals surface area contributed by atoms with Crippen molar-refractivity contribution in [3.8, 4) is 33.4 Å². The van der Waals surface area contributed by atoms with Crippen molar-refractivity contribution in [1.82, 2.24) is 0 Å². The van der Waals surface area contributed by atoms with Crippen molar-refractivity contribution in [3.63, 3.8) is 0 Å². The van der Waals surface area contributed by atoms with Gasteiger partial charge in [0, 0.05) is 16.9 Å². The molecule has 0 unspecified atom stereocenters. The third-order valence-electron chi connectivity index (χ3n) is 13.4. The molecule has 11 aromatic carbocycles. The van der Waals surface area contributed by atoms with Crippen molar-refractivity contribution in [2.45, 2.75) is 5.41 Å². The van der Waals surface area contributed by atoms with Gasteiger partial charge in [0.15, 0.2) is 0 Å². The lowest BCUT2D eigenvalue weighted by Gasteiger charge is -2.32. The Morgan fingerprint density at radius 1 is 0.283 bits per heavy atom. The van der Waals surface area contributed by atoms with Gasteiger partial charge in [-0.3, -0.25) is 0 Å². The standard InChI is InChI=1S/C59H37N/c1-2-16-39-35-41(32-31-38(39)15-1)40-17-13-18-42(36-40)60(43-33-34-48-46-21-4-3-19-44(46)45-20-5-6-22-47(45)52(48)37-43)57-30-14-29-56-58(57)51-25-9-12-28-55(51)59(56)53-26-10-7-23-49(53)50-24-8-11-27-54(50)59/h1-37H. The molecule has 0 bridgehead atoms. The van der Waals surface area contributed by atoms with Crippen LogP contribution in [0.4, 0.5) is 17.1 Å². The average Bonchev–Trinajstić information content (AvgIpc) is 3.80. The molecule has 0 saturated heterocycles. The normalized spacial score (nSPS) is 13.1. The molecule has 0 aromatic heterocycles. The van der Waals surface area contributed by atoms with E-state index in [1.54, 1.807) is 0 Å². The van der Waals surface area contributed by atoms with Crippen LogP contribution in [-0.4, -0.2) is 0 Å². The Hall–Kier alpha value is -7.74. The molecule has 2 aliphatic carbocycles. The molecule has 0 radical (unpaired) electrons. The fourth-order valence-corrected chi connectivity index (χ4v) is 11.0. The van der Waals surface area contributed by atoms with Crippen molar-refractivity contribution >= 4 is 60.2 Å². The van der Waals surface area contributed by atoms with Crippen LogP contribution in [0.25, 0.3) is 76.5 Å². The second kappa shape index (κ2) is 12.6. The monoisotopic (exact) mass is 759 g/mol. The van der Waals surface area contributed by atoms with Gasteiger partial charge in [0.1, 0.15) is 0 Å². The van der Waals surface area contributed by atoms with Crippen LogP contribution in [0.2, 0.25) is 0 Å². The number of anilines is 3. The molecule has 1 spiro atoms. The van der Waals surface area contributed by atoms with Crippen LogP contribution in [0.5, 0.6) is 0 Å². The molecule has 0 heterocycles. The number of nitrogens with zero attached hydrogens (tertiary/aromatic N) is 1. The first kappa shape index (κ1) is 33.3. The van der Waals surface area contributed by atoms with Crippen LogP contribution in [0.1, 0.15) is 22.3 Å². The Morgan fingerprint density at radius 3 is 1.48 bits per heavy atom. The smallest absolute Gasteiger partial charge is 0.0726 e. The van der Waals surface area contributed by atoms with Gasteiger partial charge in [0.2, 0.25) is 0 Å². The van der Waals surface area contributed by atoms with Gasteiger partial charge < -0.3 is 4.90 Å². The third-order valence-corrected chi connectivity index (χ3v) is 13.4. The largest absolute Gasteiger partial charge is 0.310 e. The molecule has 278 valence electrons. The Bertz CT molecular complexity index is 3490. The van der Waals surface area contributed by atoms with E-state index < -0.39 is 5.41 Å². The van der Waals surface area contributed by atoms with E-state index >= 15 is 0 Å². The highest BCUT2D eigenvalue weighted by molar-refractivity contribution is 6.26. The summed E-state index contributed by atoms with van der Waals surface area (Å²) >= 11 is 0. The highest BCUT2D eigenvalue weighted by atomic mass is 15.1. The fourth-order valence-electron chi connectivity index (χ4n) is 11.0. The zero-order valence-corrected chi connectivity index (χ0v) is 32.8. The molecule has 60 heavy (non-hydrogen) atoms. The van der Waals surface area contributed by atoms with Crippen LogP contribution in [-0.2, 0) is 5.41 Å². The Morgan fingerprint density at radius 2 is 0.783 bits per heavy atom. The van der Waals surface area contributed by atoms with Crippen LogP contribution in [0.3, 0.4) is 0 Å². The van der Waals surface area contributed by atoms with E-state index in [2.05, 4.69) is 229 Å². The first-order chi connectivity index (χ1) is 29.8. The summed E-state index contributed by atoms with van der Waals surface area (Å²) in [7, 11) is 0. The van der Waals surface area contributed by atoms with Crippen LogP contribution in [0.15, 0.2) is 224 Å². The minimum atomic E-state index is -0.438. The van der Waals surface area contributed by atoms with Crippen LogP contribution in [0, 0.1) is 0 Å². The van der Waals surface area contributed by atoms with Gasteiger partial charge in [-0.05, 0) is 130 Å². The number of fused-ring (bicyclic) bond motifs is 17. The maximum Gasteiger partial charge on any atom is 0.0726 e. The van der Waals surface area contributed by atoms with E-state index in [-0.39, 0.29) is 0 Å². The van der Waals surface area contributed by atoms with Gasteiger partial charge in [0.25, 0.3) is 0 Å². The zero-order valence-electron chi connectivity index (χ0n) is 32.8. The molecule has 0 saturated carbocycles. The third kappa shape index (κ3) is 4.52. The molecule has 0 aliphatic heterocycles. The second-order valence-corrected chi connectivity index (χ2v) is 16.4. The van der Waals surface area contributed by atoms with Crippen molar-refractivity contribution in [2.24, 2.45) is 0 Å². The molecule has 0 amide bonds. The maximum atomic E-state index is 2.52. The van der Waals surface area contributed by atoms with E-state index in [1.807, 2.05) is 0 Å². The predicted octanol–water partition coefficient (Wildman–Crippen LogP) is 15.8. The predicted molar refractivity (Wildman–Crippen MR) is 253 cm³/mol. The summed E-state index contributed by atoms with van der Waals surface area (Å²) in [6.45, 7) is 0. The summed E-state index contributed by atoms with van der Waals surface area (Å²) < 4.78 is 0. The quantitative estimate of drug-likeness (QED) is 0.162. The topological polar surface area (TPSA) is 3.24 Å². The van der Waals surface area contributed by atoms with Gasteiger partial charge in [0.05, 0.1) is 11.1 Å². The molecule has 0 atom stereocenters. The minimum Gasteiger partial charge on any atom is -0.310 e. The van der Waals surface area contributed by atoms with Crippen molar-refractivity contribution in [3.05, 3.63) is 247 Å². The number of hydrogen-bond donors (Lipinski definition) is 0. The SMILES string of the molecule is c1cc(-c2ccc3ccccc3c2)cc(N(c2ccc3c4ccccc4c4ccccc4c3c2)c2cccc3c2-c2ccccc2C32c3ccccc3-c3ccccc32)c1. The fraction of sp³-hybridized carbons (Fsp3) is 0.0169. The van der Waals surface area contributed by atoms with E-state index in [9.17, 15) is 0 Å². The molecule has 11 aromatic rings. The first-order valence-corrected chi connectivity index (χ1v) is 20.9. The molecule has 2 aliphatic rings. The lowest BCUT2D eigenvalue weighted by Crippen LogP contribution is -2.26. The van der Waals surface area contributed by atoms with E-state index in [1.165, 1.54) is 104 Å². The zero-order chi connectivity index (χ0) is 39.4. The van der Waals surface area contributed by atoms with Gasteiger partial charge in [-0.2, -0.15) is 0 Å². The molecule has 13 rings (SSSR count). The maximum absolute atomic E-state index is 2.52. The number of hydrogen-bond acceptors (Lipinski definition) is 1. The summed E-state index contributed by atoms with van der Waals surface area (Å²) in [5, 5.41) is 10.1. The Balaban J connectivity index is 1.11. The lowest BCUT2D eigenvalue weighted by atomic mass is 9.70. The van der Waals surface area contributed by atoms with Crippen molar-refractivity contribution in [1.29, 1.82) is 0 Å². The van der Waals surface area contributed by atoms with E-state index in [0.717, 1.165) is 11.4 Å². The van der Waals surface area contributed by atoms with Gasteiger partial charge in [-0.25, -0.2) is 0 Å². The molecule has 0 N–H and O–H groups in total. The highest BCUT2D eigenvalue weighted by Crippen LogP contribution is 2.64. The minimum absolute atomic E-state index is 0.438. The van der Waals surface area contributed by atoms with Gasteiger partial charge >= 0.3 is 0 Å². The first-order valence-electron chi connectivity index (χ1n) is 20.9. The summed E-state index contributed by atoms with van der Waals surface area (Å²) in [5.74, 6) is 0. The molecular weight excluding hydrogens is 723 g/mol. The Kier molecular flexibility index (Phi) is 7.00. The van der Waals surface area contributed by atoms with Crippen LogP contribution >= 0.6 is 0 Å². The van der Waals surface area contributed by atoms with Gasteiger partial charge in [-0.15, -0.1) is 0 Å². The summed E-state index contributed by atoms with van der Waals surface area (Å²) in [4.78, 5) is 2.52. The highest BCUT2D eigenvalue weighted by Gasteiger charge is 2.52. The number of benzene rings is 11. The summed E-state index contributed by atoms with van der Waals surface area (Å²) in [5.41, 5.74) is 15.9. The van der Waals surface area contributed by atoms with Crippen molar-refractivity contribution < 1.29 is 0 Å². The molecule has 1 heteroatoms. The van der Waals surface area contributed by atoms with E-state index in [4.69, 9.17) is 0 Å². The van der Waals surface area contributed by atoms with E-state index in [0.29, 0.717) is 0 Å². The van der Waals surface area contributed by atoms with Crippen LogP contribution < -0.4 is 4.90 Å². The second-order valence-electron chi connectivity index (χ2n) is 16.4. The Labute approximate surface area is 349 Å².